The molecular weight excluding hydrogens is 416 g/mol. The quantitative estimate of drug-likeness (QED) is 0.573. The molecule has 4 rings (SSSR count). The molecule has 0 bridgehead atoms. The number of thiophene rings is 1. The van der Waals surface area contributed by atoms with E-state index in [1.165, 1.54) is 0 Å². The van der Waals surface area contributed by atoms with E-state index < -0.39 is 6.10 Å². The van der Waals surface area contributed by atoms with Gasteiger partial charge in [0.05, 0.1) is 11.1 Å². The van der Waals surface area contributed by atoms with Crippen LogP contribution < -0.4 is 0 Å². The number of carbonyl (C=O) groups is 1. The fraction of sp³-hybridized carbons (Fsp3) is 0.333. The number of nitrogens with zero attached hydrogens (tertiary/aromatic N) is 2. The summed E-state index contributed by atoms with van der Waals surface area (Å²) in [5.74, 6) is -0.0848. The molecule has 0 spiro atoms. The van der Waals surface area contributed by atoms with Crippen molar-refractivity contribution in [2.45, 2.75) is 38.7 Å². The van der Waals surface area contributed by atoms with Crippen LogP contribution in [0.3, 0.4) is 0 Å². The third kappa shape index (κ3) is 4.29. The predicted octanol–water partition coefficient (Wildman–Crippen LogP) is 5.63. The molecule has 4 nitrogen and oxygen atoms in total. The van der Waals surface area contributed by atoms with E-state index >= 15 is 0 Å². The minimum absolute atomic E-state index is 0.00801. The smallest absolute Gasteiger partial charge is 0.253 e. The number of rotatable bonds is 3. The monoisotopic (exact) mass is 440 g/mol. The van der Waals surface area contributed by atoms with Crippen molar-refractivity contribution in [2.75, 3.05) is 13.1 Å². The number of hydrogen-bond acceptors (Lipinski definition) is 4. The summed E-state index contributed by atoms with van der Waals surface area (Å²) in [6, 6.07) is 11.7. The maximum atomic E-state index is 12.6. The lowest BCUT2D eigenvalue weighted by Crippen LogP contribution is -2.29. The van der Waals surface area contributed by atoms with E-state index in [1.54, 1.807) is 22.3 Å². The zero-order chi connectivity index (χ0) is 21.5. The average Bonchev–Trinajstić information content (AvgIpc) is 3.36. The number of aliphatic hydroxyl groups excluding tert-OH is 1. The van der Waals surface area contributed by atoms with Crippen molar-refractivity contribution in [2.24, 2.45) is 0 Å². The van der Waals surface area contributed by atoms with Crippen LogP contribution in [-0.4, -0.2) is 40.1 Å². The van der Waals surface area contributed by atoms with Crippen molar-refractivity contribution in [1.82, 2.24) is 9.88 Å². The third-order valence-corrected chi connectivity index (χ3v) is 6.67. The van der Waals surface area contributed by atoms with Gasteiger partial charge in [-0.3, -0.25) is 9.78 Å². The lowest BCUT2D eigenvalue weighted by molar-refractivity contribution is 0.0765. The Balaban J connectivity index is 1.59. The Labute approximate surface area is 186 Å². The number of halogens is 1. The Kier molecular flexibility index (Phi) is 5.71. The minimum Gasteiger partial charge on any atom is -0.391 e. The number of amides is 1. The fourth-order valence-corrected chi connectivity index (χ4v) is 4.90. The molecule has 3 aromatic rings. The Hall–Kier alpha value is -2.21. The van der Waals surface area contributed by atoms with Crippen LogP contribution in [0.1, 0.15) is 43.2 Å². The Morgan fingerprint density at radius 1 is 1.20 bits per heavy atom. The van der Waals surface area contributed by atoms with Crippen molar-refractivity contribution in [3.63, 3.8) is 0 Å². The van der Waals surface area contributed by atoms with Gasteiger partial charge in [0.1, 0.15) is 0 Å². The molecule has 156 valence electrons. The minimum atomic E-state index is -0.430. The zero-order valence-corrected chi connectivity index (χ0v) is 18.9. The summed E-state index contributed by atoms with van der Waals surface area (Å²) in [7, 11) is 0. The van der Waals surface area contributed by atoms with Gasteiger partial charge >= 0.3 is 0 Å². The molecule has 0 aliphatic carbocycles. The average molecular weight is 441 g/mol. The lowest BCUT2D eigenvalue weighted by Gasteiger charge is -2.18. The summed E-state index contributed by atoms with van der Waals surface area (Å²) in [6.45, 7) is 7.43. The van der Waals surface area contributed by atoms with E-state index in [0.717, 1.165) is 27.3 Å². The summed E-state index contributed by atoms with van der Waals surface area (Å²) in [5, 5.41) is 12.4. The maximum absolute atomic E-state index is 12.6. The van der Waals surface area contributed by atoms with Crippen LogP contribution in [-0.2, 0) is 5.41 Å². The lowest BCUT2D eigenvalue weighted by atomic mass is 9.90. The molecule has 3 heterocycles. The Morgan fingerprint density at radius 3 is 2.67 bits per heavy atom. The SMILES string of the molecule is CC(C)(C)c1cc(-c2csc(-c3ccc(C(=O)N4CC[C@@H](O)C4)cc3Cl)c2)ccn1. The number of likely N-dealkylation sites (tertiary alicyclic amines) is 1. The third-order valence-electron chi connectivity index (χ3n) is 5.39. The van der Waals surface area contributed by atoms with Gasteiger partial charge < -0.3 is 10.0 Å². The maximum Gasteiger partial charge on any atom is 0.253 e. The van der Waals surface area contributed by atoms with Crippen molar-refractivity contribution in [3.05, 3.63) is 64.3 Å². The van der Waals surface area contributed by atoms with Crippen LogP contribution in [0.25, 0.3) is 21.6 Å². The Morgan fingerprint density at radius 2 is 2.00 bits per heavy atom. The van der Waals surface area contributed by atoms with E-state index in [2.05, 4.69) is 43.3 Å². The van der Waals surface area contributed by atoms with Gasteiger partial charge in [-0.1, -0.05) is 38.4 Å². The van der Waals surface area contributed by atoms with E-state index in [4.69, 9.17) is 11.6 Å². The topological polar surface area (TPSA) is 53.4 Å². The van der Waals surface area contributed by atoms with E-state index in [-0.39, 0.29) is 11.3 Å². The molecule has 1 atom stereocenters. The van der Waals surface area contributed by atoms with Crippen molar-refractivity contribution >= 4 is 28.8 Å². The molecule has 0 radical (unpaired) electrons. The van der Waals surface area contributed by atoms with Crippen LogP contribution in [0.5, 0.6) is 0 Å². The molecule has 0 unspecified atom stereocenters. The molecule has 30 heavy (non-hydrogen) atoms. The summed E-state index contributed by atoms with van der Waals surface area (Å²) in [4.78, 5) is 19.9. The second kappa shape index (κ2) is 8.14. The largest absolute Gasteiger partial charge is 0.391 e. The summed E-state index contributed by atoms with van der Waals surface area (Å²) in [5.41, 5.74) is 4.78. The summed E-state index contributed by atoms with van der Waals surface area (Å²) in [6.07, 6.45) is 2.05. The number of benzene rings is 1. The van der Waals surface area contributed by atoms with Crippen LogP contribution in [0, 0.1) is 0 Å². The second-order valence-corrected chi connectivity index (χ2v) is 10.1. The highest BCUT2D eigenvalue weighted by atomic mass is 35.5. The fourth-order valence-electron chi connectivity index (χ4n) is 3.61. The molecule has 1 N–H and O–H groups in total. The Bertz CT molecular complexity index is 1090. The van der Waals surface area contributed by atoms with Crippen LogP contribution in [0.4, 0.5) is 0 Å². The van der Waals surface area contributed by atoms with Crippen LogP contribution in [0.15, 0.2) is 48.0 Å². The first-order valence-electron chi connectivity index (χ1n) is 10.0. The van der Waals surface area contributed by atoms with Gasteiger partial charge in [-0.05, 0) is 53.3 Å². The van der Waals surface area contributed by atoms with E-state index in [1.807, 2.05) is 24.4 Å². The van der Waals surface area contributed by atoms with Gasteiger partial charge in [-0.25, -0.2) is 0 Å². The number of hydrogen-bond donors (Lipinski definition) is 1. The molecule has 1 aromatic carbocycles. The van der Waals surface area contributed by atoms with Crippen molar-refractivity contribution in [3.8, 4) is 21.6 Å². The van der Waals surface area contributed by atoms with E-state index in [0.29, 0.717) is 30.1 Å². The number of β-amino-alcohol motifs (C(OH)–C–C–N with tert-alkyl or cyclic N) is 1. The molecular formula is C24H25ClN2O2S. The molecule has 1 amide bonds. The number of pyridine rings is 1. The van der Waals surface area contributed by atoms with Gasteiger partial charge in [0.2, 0.25) is 0 Å². The van der Waals surface area contributed by atoms with Gasteiger partial charge in [-0.2, -0.15) is 0 Å². The number of aliphatic hydroxyl groups is 1. The van der Waals surface area contributed by atoms with Crippen LogP contribution >= 0.6 is 22.9 Å². The molecule has 1 saturated heterocycles. The molecule has 0 saturated carbocycles. The normalized spacial score (nSPS) is 16.8. The highest BCUT2D eigenvalue weighted by molar-refractivity contribution is 7.14. The van der Waals surface area contributed by atoms with Gasteiger partial charge in [0, 0.05) is 46.4 Å². The standard InChI is InChI=1S/C24H25ClN2O2S/c1-24(2,3)22-12-15(6-8-26-22)17-11-21(30-14-17)19-5-4-16(10-20(19)25)23(29)27-9-7-18(28)13-27/h4-6,8,10-12,14,18,28H,7,9,13H2,1-3H3/t18-/m1/s1. The highest BCUT2D eigenvalue weighted by Crippen LogP contribution is 2.37. The second-order valence-electron chi connectivity index (χ2n) is 8.77. The first-order valence-corrected chi connectivity index (χ1v) is 11.3. The molecule has 1 aliphatic heterocycles. The van der Waals surface area contributed by atoms with Crippen molar-refractivity contribution in [1.29, 1.82) is 0 Å². The summed E-state index contributed by atoms with van der Waals surface area (Å²) < 4.78 is 0. The first kappa shape index (κ1) is 21.0. The summed E-state index contributed by atoms with van der Waals surface area (Å²) >= 11 is 8.19. The zero-order valence-electron chi connectivity index (χ0n) is 17.4. The molecule has 2 aromatic heterocycles. The first-order chi connectivity index (χ1) is 14.2. The number of aromatic nitrogens is 1. The number of carbonyl (C=O) groups excluding carboxylic acids is 1. The van der Waals surface area contributed by atoms with Gasteiger partial charge in [-0.15, -0.1) is 11.3 Å². The molecule has 1 aliphatic rings. The molecule has 6 heteroatoms. The van der Waals surface area contributed by atoms with Gasteiger partial charge in [0.15, 0.2) is 0 Å². The van der Waals surface area contributed by atoms with Gasteiger partial charge in [0.25, 0.3) is 5.91 Å². The predicted molar refractivity (Wildman–Crippen MR) is 123 cm³/mol. The highest BCUT2D eigenvalue weighted by Gasteiger charge is 2.26. The molecule has 1 fully saturated rings. The van der Waals surface area contributed by atoms with Crippen molar-refractivity contribution < 1.29 is 9.90 Å². The van der Waals surface area contributed by atoms with E-state index in [9.17, 15) is 9.90 Å². The van der Waals surface area contributed by atoms with Crippen LogP contribution in [0.2, 0.25) is 5.02 Å².